The van der Waals surface area contributed by atoms with Crippen molar-refractivity contribution in [2.45, 2.75) is 63.5 Å². The van der Waals surface area contributed by atoms with Crippen LogP contribution in [-0.2, 0) is 19.6 Å². The number of carbonyl (C=O) groups excluding carboxylic acids is 2. The number of nitro benzene ring substituents is 1. The molecule has 17 nitrogen and oxygen atoms in total. The number of piperazine rings is 1. The molecule has 0 radical (unpaired) electrons. The highest BCUT2D eigenvalue weighted by molar-refractivity contribution is 7.90. The van der Waals surface area contributed by atoms with Crippen molar-refractivity contribution in [1.82, 2.24) is 34.3 Å². The first kappa shape index (κ1) is 46.1. The van der Waals surface area contributed by atoms with Crippen molar-refractivity contribution in [1.29, 1.82) is 0 Å². The van der Waals surface area contributed by atoms with Crippen molar-refractivity contribution in [2.75, 3.05) is 57.4 Å². The maximum absolute atomic E-state index is 14.3. The van der Waals surface area contributed by atoms with E-state index in [4.69, 9.17) is 21.1 Å². The topological polar surface area (TPSA) is 198 Å². The molecule has 3 aromatic heterocycles. The smallest absolute Gasteiger partial charge is 0.312 e. The van der Waals surface area contributed by atoms with Crippen molar-refractivity contribution in [3.05, 3.63) is 129 Å². The first-order valence-electron chi connectivity index (χ1n) is 23.1. The number of nitro groups is 1. The van der Waals surface area contributed by atoms with Gasteiger partial charge in [0.15, 0.2) is 11.4 Å². The van der Waals surface area contributed by atoms with Gasteiger partial charge in [-0.15, -0.1) is 0 Å². The summed E-state index contributed by atoms with van der Waals surface area (Å²) in [6, 6.07) is 20.0. The Morgan fingerprint density at radius 3 is 2.55 bits per heavy atom. The van der Waals surface area contributed by atoms with Gasteiger partial charge in [0.2, 0.25) is 5.91 Å². The van der Waals surface area contributed by atoms with Gasteiger partial charge in [0.05, 0.1) is 39.2 Å². The van der Waals surface area contributed by atoms with Gasteiger partial charge in [-0.2, -0.15) is 0 Å². The highest BCUT2D eigenvalue weighted by Gasteiger charge is 2.40. The zero-order valence-electron chi connectivity index (χ0n) is 38.5. The first-order chi connectivity index (χ1) is 33.1. The van der Waals surface area contributed by atoms with Crippen LogP contribution in [0, 0.1) is 15.5 Å². The van der Waals surface area contributed by atoms with Crippen LogP contribution in [0.3, 0.4) is 0 Å². The molecule has 69 heavy (non-hydrogen) atoms. The lowest BCUT2D eigenvalue weighted by atomic mass is 9.72. The maximum atomic E-state index is 14.3. The highest BCUT2D eigenvalue weighted by Crippen LogP contribution is 2.44. The van der Waals surface area contributed by atoms with Crippen LogP contribution in [0.2, 0.25) is 5.02 Å². The number of rotatable bonds is 13. The van der Waals surface area contributed by atoms with E-state index in [-0.39, 0.29) is 41.9 Å². The number of amides is 2. The molecule has 10 rings (SSSR count). The lowest BCUT2D eigenvalue weighted by molar-refractivity contribution is -0.386. The third kappa shape index (κ3) is 9.58. The van der Waals surface area contributed by atoms with Gasteiger partial charge in [-0.1, -0.05) is 49.2 Å². The van der Waals surface area contributed by atoms with E-state index in [2.05, 4.69) is 55.6 Å². The molecular weight excluding hydrogens is 922 g/mol. The molecule has 0 bridgehead atoms. The summed E-state index contributed by atoms with van der Waals surface area (Å²) < 4.78 is 43.7. The van der Waals surface area contributed by atoms with Crippen molar-refractivity contribution in [3.63, 3.8) is 0 Å². The molecule has 0 spiro atoms. The molecule has 5 heterocycles. The third-order valence-electron chi connectivity index (χ3n) is 13.7. The molecule has 2 amide bonds. The van der Waals surface area contributed by atoms with E-state index in [0.29, 0.717) is 42.0 Å². The summed E-state index contributed by atoms with van der Waals surface area (Å²) in [6.45, 7) is 10.6. The quantitative estimate of drug-likeness (QED) is 0.0651. The maximum Gasteiger partial charge on any atom is 0.312 e. The number of morpholine rings is 1. The second-order valence-corrected chi connectivity index (χ2v) is 21.1. The fourth-order valence-electron chi connectivity index (χ4n) is 9.91. The average molecular weight is 975 g/mol. The number of sulfonamides is 1. The van der Waals surface area contributed by atoms with E-state index in [1.807, 2.05) is 36.4 Å². The molecule has 0 saturated carbocycles. The number of allylic oxidation sites excluding steroid dienone is 2. The number of ether oxygens (including phenoxy) is 2. The van der Waals surface area contributed by atoms with Gasteiger partial charge in [-0.25, -0.2) is 23.1 Å². The SMILES string of the molecule is CC(=O)N1CCO[C@@H](COc2ccc(S(=O)(=O)NC(=O)c3ccc(N4CCN(CC5=C(c6ccc(Cl)cc6)CC(C)(C)CC5)CC4)cc3-n3[nH]cc4nc5nccc5cc43)cc2[N+](=O)[O-])C1C1=CC1. The summed E-state index contributed by atoms with van der Waals surface area (Å²) in [5, 5.41) is 17.1. The minimum atomic E-state index is -4.67. The Labute approximate surface area is 403 Å². The summed E-state index contributed by atoms with van der Waals surface area (Å²) in [5.74, 6) is -1.26. The fourth-order valence-corrected chi connectivity index (χ4v) is 11.0. The van der Waals surface area contributed by atoms with Gasteiger partial charge in [0.1, 0.15) is 18.2 Å². The second kappa shape index (κ2) is 18.4. The van der Waals surface area contributed by atoms with E-state index in [1.165, 1.54) is 29.7 Å². The molecule has 4 aliphatic rings. The molecule has 2 saturated heterocycles. The number of nitrogens with zero attached hydrogens (tertiary/aromatic N) is 7. The number of fused-ring (bicyclic) bond motifs is 2. The minimum absolute atomic E-state index is 0.0270. The third-order valence-corrected chi connectivity index (χ3v) is 15.3. The number of pyridine rings is 1. The number of nitrogens with one attached hydrogen (secondary N) is 2. The van der Waals surface area contributed by atoms with Crippen molar-refractivity contribution in [3.8, 4) is 11.4 Å². The standard InChI is InChI=1S/C50H52ClN9O8S/c1-31(61)58-22-23-67-46(47(58)33-4-5-33)30-68-45-13-11-38(26-44(45)60(63)64)69(65,66)55-49(62)39-12-10-37(25-42(39)59-43-24-34-15-17-52-48(34)54-41(43)28-53-59)57-20-18-56(19-21-57)29-35-14-16-50(2,3)27-40(35)32-6-8-36(51)9-7-32/h4,6-13,15,17,24-26,28,46-47,53H,5,14,16,18-23,27,29-30H2,1-3H3,(H,55,62)/t46-,47?/m0/s1. The Morgan fingerprint density at radius 2 is 1.81 bits per heavy atom. The number of halogens is 1. The number of aromatic amines is 1. The van der Waals surface area contributed by atoms with Gasteiger partial charge in [-0.05, 0) is 102 Å². The van der Waals surface area contributed by atoms with E-state index < -0.39 is 37.5 Å². The summed E-state index contributed by atoms with van der Waals surface area (Å²) in [5.41, 5.74) is 7.70. The molecule has 1 unspecified atom stereocenters. The molecule has 2 aliphatic carbocycles. The van der Waals surface area contributed by atoms with Crippen molar-refractivity contribution in [2.24, 2.45) is 5.41 Å². The van der Waals surface area contributed by atoms with Crippen LogP contribution in [-0.4, -0.2) is 119 Å². The lowest BCUT2D eigenvalue weighted by Crippen LogP contribution is -2.54. The predicted octanol–water partition coefficient (Wildman–Crippen LogP) is 7.69. The Morgan fingerprint density at radius 1 is 1.03 bits per heavy atom. The van der Waals surface area contributed by atoms with Crippen LogP contribution in [0.25, 0.3) is 33.3 Å². The number of hydrogen-bond acceptors (Lipinski definition) is 12. The summed E-state index contributed by atoms with van der Waals surface area (Å²) in [4.78, 5) is 53.3. The second-order valence-electron chi connectivity index (χ2n) is 18.9. The molecule has 2 aliphatic heterocycles. The Hall–Kier alpha value is -6.60. The van der Waals surface area contributed by atoms with Gasteiger partial charge in [0.25, 0.3) is 15.9 Å². The van der Waals surface area contributed by atoms with Crippen LogP contribution >= 0.6 is 11.6 Å². The van der Waals surface area contributed by atoms with Gasteiger partial charge in [0, 0.05) is 80.7 Å². The Kier molecular flexibility index (Phi) is 12.3. The van der Waals surface area contributed by atoms with Crippen LogP contribution in [0.15, 0.2) is 107 Å². The number of aromatic nitrogens is 4. The summed E-state index contributed by atoms with van der Waals surface area (Å²) in [7, 11) is -4.67. The van der Waals surface area contributed by atoms with Crippen LogP contribution in [0.4, 0.5) is 11.4 Å². The van der Waals surface area contributed by atoms with Crippen LogP contribution < -0.4 is 14.4 Å². The molecular formula is C50H52ClN9O8S. The largest absolute Gasteiger partial charge is 0.484 e. The van der Waals surface area contributed by atoms with Gasteiger partial charge >= 0.3 is 5.69 Å². The van der Waals surface area contributed by atoms with E-state index in [9.17, 15) is 28.1 Å². The number of carbonyl (C=O) groups is 2. The average Bonchev–Trinajstić information content (AvgIpc) is 3.93. The number of hydrogen-bond donors (Lipinski definition) is 2. The summed E-state index contributed by atoms with van der Waals surface area (Å²) in [6.07, 6.45) is 8.65. The van der Waals surface area contributed by atoms with E-state index in [0.717, 1.165) is 79.1 Å². The highest BCUT2D eigenvalue weighted by atomic mass is 35.5. The minimum Gasteiger partial charge on any atom is -0.484 e. The zero-order chi connectivity index (χ0) is 48.2. The monoisotopic (exact) mass is 973 g/mol. The van der Waals surface area contributed by atoms with E-state index >= 15 is 0 Å². The normalized spacial score (nSPS) is 19.7. The molecule has 358 valence electrons. The summed E-state index contributed by atoms with van der Waals surface area (Å²) >= 11 is 6.26. The molecule has 2 fully saturated rings. The van der Waals surface area contributed by atoms with Gasteiger partial charge in [-0.3, -0.25) is 34.4 Å². The lowest BCUT2D eigenvalue weighted by Gasteiger charge is -2.39. The van der Waals surface area contributed by atoms with Crippen molar-refractivity contribution < 1.29 is 32.4 Å². The Balaban J connectivity index is 0.898. The van der Waals surface area contributed by atoms with Gasteiger partial charge < -0.3 is 19.3 Å². The molecule has 2 N–H and O–H groups in total. The van der Waals surface area contributed by atoms with Crippen molar-refractivity contribution >= 4 is 72.5 Å². The molecule has 3 aromatic carbocycles. The van der Waals surface area contributed by atoms with Crippen LogP contribution in [0.5, 0.6) is 5.75 Å². The fraction of sp³-hybridized carbons (Fsp3) is 0.360. The van der Waals surface area contributed by atoms with Crippen LogP contribution in [0.1, 0.15) is 62.4 Å². The number of anilines is 1. The number of benzene rings is 3. The Bertz CT molecular complexity index is 3190. The first-order valence-corrected chi connectivity index (χ1v) is 24.9. The molecule has 6 aromatic rings. The molecule has 2 atom stereocenters. The number of H-pyrrole nitrogens is 1. The predicted molar refractivity (Wildman–Crippen MR) is 262 cm³/mol. The molecule has 19 heteroatoms. The van der Waals surface area contributed by atoms with E-state index in [1.54, 1.807) is 34.1 Å². The zero-order valence-corrected chi connectivity index (χ0v) is 40.1.